The first kappa shape index (κ1) is 16.0. The van der Waals surface area contributed by atoms with Gasteiger partial charge < -0.3 is 10.4 Å². The van der Waals surface area contributed by atoms with Gasteiger partial charge >= 0.3 is 0 Å². The zero-order chi connectivity index (χ0) is 15.4. The first-order chi connectivity index (χ1) is 9.97. The Morgan fingerprint density at radius 1 is 1.24 bits per heavy atom. The number of aliphatic hydroxyl groups is 1. The molecule has 0 aromatic heterocycles. The minimum absolute atomic E-state index is 0.0237. The Bertz CT molecular complexity index is 466. The largest absolute Gasteiger partial charge is 0.386 e. The van der Waals surface area contributed by atoms with Crippen LogP contribution in [-0.2, 0) is 4.79 Å². The topological polar surface area (TPSA) is 49.3 Å². The number of amides is 1. The molecular weight excluding hydrogens is 269 g/mol. The lowest BCUT2D eigenvalue weighted by Crippen LogP contribution is -2.41. The van der Waals surface area contributed by atoms with Gasteiger partial charge in [-0.15, -0.1) is 0 Å². The van der Waals surface area contributed by atoms with Crippen molar-refractivity contribution in [3.8, 4) is 0 Å². The van der Waals surface area contributed by atoms with Gasteiger partial charge in [0.15, 0.2) is 0 Å². The van der Waals surface area contributed by atoms with Gasteiger partial charge in [-0.2, -0.15) is 0 Å². The highest BCUT2D eigenvalue weighted by Crippen LogP contribution is 2.28. The lowest BCUT2D eigenvalue weighted by atomic mass is 9.82. The van der Waals surface area contributed by atoms with Crippen molar-refractivity contribution in [3.05, 3.63) is 35.6 Å². The molecule has 2 atom stereocenters. The zero-order valence-electron chi connectivity index (χ0n) is 12.7. The van der Waals surface area contributed by atoms with Crippen molar-refractivity contribution in [2.75, 3.05) is 0 Å². The monoisotopic (exact) mass is 293 g/mol. The van der Waals surface area contributed by atoms with Crippen molar-refractivity contribution in [3.63, 3.8) is 0 Å². The molecule has 0 heterocycles. The molecule has 2 unspecified atom stereocenters. The molecule has 0 aliphatic heterocycles. The van der Waals surface area contributed by atoms with E-state index in [1.807, 2.05) is 0 Å². The van der Waals surface area contributed by atoms with Crippen molar-refractivity contribution < 1.29 is 14.3 Å². The first-order valence-corrected chi connectivity index (χ1v) is 7.71. The van der Waals surface area contributed by atoms with E-state index in [1.165, 1.54) is 12.1 Å². The van der Waals surface area contributed by atoms with Gasteiger partial charge in [-0.25, -0.2) is 4.39 Å². The summed E-state index contributed by atoms with van der Waals surface area (Å²) in [7, 11) is 0. The van der Waals surface area contributed by atoms with Gasteiger partial charge in [-0.05, 0) is 56.2 Å². The van der Waals surface area contributed by atoms with Crippen LogP contribution in [0, 0.1) is 17.7 Å². The molecule has 3 nitrogen and oxygen atoms in total. The maximum Gasteiger partial charge on any atom is 0.223 e. The van der Waals surface area contributed by atoms with Crippen molar-refractivity contribution in [2.24, 2.45) is 11.8 Å². The average Bonchev–Trinajstić information content (AvgIpc) is 2.47. The Hall–Kier alpha value is -1.42. The fourth-order valence-corrected chi connectivity index (χ4v) is 2.89. The molecule has 2 rings (SSSR count). The number of nitrogens with one attached hydrogen (secondary N) is 1. The fourth-order valence-electron chi connectivity index (χ4n) is 2.89. The quantitative estimate of drug-likeness (QED) is 0.895. The maximum absolute atomic E-state index is 12.9. The van der Waals surface area contributed by atoms with Gasteiger partial charge in [0.25, 0.3) is 0 Å². The molecule has 1 aromatic carbocycles. The Labute approximate surface area is 125 Å². The zero-order valence-corrected chi connectivity index (χ0v) is 12.7. The average molecular weight is 293 g/mol. The van der Waals surface area contributed by atoms with Crippen LogP contribution < -0.4 is 5.32 Å². The van der Waals surface area contributed by atoms with Crippen LogP contribution in [0.25, 0.3) is 0 Å². The van der Waals surface area contributed by atoms with E-state index in [4.69, 9.17) is 0 Å². The number of carbonyl (C=O) groups excluding carboxylic acids is 1. The lowest BCUT2D eigenvalue weighted by molar-refractivity contribution is -0.127. The SMILES string of the molecule is CC1CCC(C(=O)NC(C)C(O)c2ccc(F)cc2)CC1. The summed E-state index contributed by atoms with van der Waals surface area (Å²) in [5.41, 5.74) is 0.612. The Balaban J connectivity index is 1.89. The van der Waals surface area contributed by atoms with Crippen LogP contribution in [0.3, 0.4) is 0 Å². The molecule has 1 aromatic rings. The molecule has 1 amide bonds. The second-order valence-corrected chi connectivity index (χ2v) is 6.25. The number of hydrogen-bond donors (Lipinski definition) is 2. The first-order valence-electron chi connectivity index (χ1n) is 7.71. The molecule has 116 valence electrons. The smallest absolute Gasteiger partial charge is 0.223 e. The number of aliphatic hydroxyl groups excluding tert-OH is 1. The van der Waals surface area contributed by atoms with Crippen LogP contribution in [0.2, 0.25) is 0 Å². The van der Waals surface area contributed by atoms with Crippen molar-refractivity contribution in [1.29, 1.82) is 0 Å². The second-order valence-electron chi connectivity index (χ2n) is 6.25. The van der Waals surface area contributed by atoms with Crippen LogP contribution in [-0.4, -0.2) is 17.1 Å². The van der Waals surface area contributed by atoms with Gasteiger partial charge in [0.05, 0.1) is 12.1 Å². The molecular formula is C17H24FNO2. The number of benzene rings is 1. The van der Waals surface area contributed by atoms with Crippen molar-refractivity contribution in [1.82, 2.24) is 5.32 Å². The van der Waals surface area contributed by atoms with Crippen LogP contribution in [0.1, 0.15) is 51.2 Å². The molecule has 1 saturated carbocycles. The summed E-state index contributed by atoms with van der Waals surface area (Å²) in [6.07, 6.45) is 3.20. The summed E-state index contributed by atoms with van der Waals surface area (Å²) in [5, 5.41) is 13.1. The minimum atomic E-state index is -0.822. The third-order valence-electron chi connectivity index (χ3n) is 4.44. The van der Waals surface area contributed by atoms with E-state index in [1.54, 1.807) is 19.1 Å². The number of hydrogen-bond acceptors (Lipinski definition) is 2. The van der Waals surface area contributed by atoms with Gasteiger partial charge in [0.1, 0.15) is 5.82 Å². The van der Waals surface area contributed by atoms with E-state index in [0.717, 1.165) is 25.7 Å². The molecule has 0 radical (unpaired) electrons. The van der Waals surface area contributed by atoms with E-state index in [2.05, 4.69) is 12.2 Å². The molecule has 0 saturated heterocycles. The summed E-state index contributed by atoms with van der Waals surface area (Å²) in [4.78, 5) is 12.2. The highest BCUT2D eigenvalue weighted by Gasteiger charge is 2.27. The molecule has 21 heavy (non-hydrogen) atoms. The van der Waals surface area contributed by atoms with Crippen LogP contribution in [0.4, 0.5) is 4.39 Å². The highest BCUT2D eigenvalue weighted by molar-refractivity contribution is 5.79. The lowest BCUT2D eigenvalue weighted by Gasteiger charge is -2.28. The molecule has 1 aliphatic rings. The van der Waals surface area contributed by atoms with Gasteiger partial charge in [-0.1, -0.05) is 19.1 Å². The molecule has 2 N–H and O–H groups in total. The summed E-state index contributed by atoms with van der Waals surface area (Å²) in [6, 6.07) is 5.34. The van der Waals surface area contributed by atoms with E-state index < -0.39 is 6.10 Å². The predicted octanol–water partition coefficient (Wildman–Crippen LogP) is 3.19. The summed E-state index contributed by atoms with van der Waals surface area (Å²) >= 11 is 0. The molecule has 4 heteroatoms. The number of halogens is 1. The van der Waals surface area contributed by atoms with Crippen LogP contribution in [0.15, 0.2) is 24.3 Å². The third kappa shape index (κ3) is 4.27. The van der Waals surface area contributed by atoms with Gasteiger partial charge in [0, 0.05) is 5.92 Å². The molecule has 0 bridgehead atoms. The van der Waals surface area contributed by atoms with E-state index in [-0.39, 0.29) is 23.7 Å². The summed E-state index contributed by atoms with van der Waals surface area (Å²) in [6.45, 7) is 3.99. The van der Waals surface area contributed by atoms with E-state index in [0.29, 0.717) is 11.5 Å². The maximum atomic E-state index is 12.9. The normalized spacial score (nSPS) is 25.1. The Kier molecular flexibility index (Phi) is 5.34. The Morgan fingerprint density at radius 2 is 1.81 bits per heavy atom. The fraction of sp³-hybridized carbons (Fsp3) is 0.588. The van der Waals surface area contributed by atoms with Crippen molar-refractivity contribution in [2.45, 2.75) is 51.7 Å². The minimum Gasteiger partial charge on any atom is -0.386 e. The van der Waals surface area contributed by atoms with Crippen LogP contribution in [0.5, 0.6) is 0 Å². The van der Waals surface area contributed by atoms with Crippen LogP contribution >= 0.6 is 0 Å². The van der Waals surface area contributed by atoms with Crippen molar-refractivity contribution >= 4 is 5.91 Å². The van der Waals surface area contributed by atoms with E-state index >= 15 is 0 Å². The predicted molar refractivity (Wildman–Crippen MR) is 80.1 cm³/mol. The summed E-state index contributed by atoms with van der Waals surface area (Å²) < 4.78 is 12.9. The Morgan fingerprint density at radius 3 is 2.38 bits per heavy atom. The summed E-state index contributed by atoms with van der Waals surface area (Å²) in [5.74, 6) is 0.454. The second kappa shape index (κ2) is 7.03. The molecule has 1 aliphatic carbocycles. The molecule has 0 spiro atoms. The van der Waals surface area contributed by atoms with Gasteiger partial charge in [0.2, 0.25) is 5.91 Å². The number of carbonyl (C=O) groups is 1. The number of rotatable bonds is 4. The molecule has 1 fully saturated rings. The van der Waals surface area contributed by atoms with Gasteiger partial charge in [-0.3, -0.25) is 4.79 Å². The van der Waals surface area contributed by atoms with E-state index in [9.17, 15) is 14.3 Å². The standard InChI is InChI=1S/C17H24FNO2/c1-11-3-5-14(6-4-11)17(21)19-12(2)16(20)13-7-9-15(18)10-8-13/h7-12,14,16,20H,3-6H2,1-2H3,(H,19,21). The highest BCUT2D eigenvalue weighted by atomic mass is 19.1. The third-order valence-corrected chi connectivity index (χ3v) is 4.44.